The summed E-state index contributed by atoms with van der Waals surface area (Å²) in [6.07, 6.45) is 11.9. The molecule has 0 radical (unpaired) electrons. The van der Waals surface area contributed by atoms with E-state index in [1.807, 2.05) is 0 Å². The highest BCUT2D eigenvalue weighted by Gasteiger charge is 2.43. The van der Waals surface area contributed by atoms with Gasteiger partial charge in [-0.3, -0.25) is 4.79 Å². The van der Waals surface area contributed by atoms with Crippen LogP contribution in [0.25, 0.3) is 0 Å². The molecule has 3 fully saturated rings. The average Bonchev–Trinajstić information content (AvgIpc) is 2.75. The van der Waals surface area contributed by atoms with Gasteiger partial charge in [0.05, 0.1) is 5.92 Å². The zero-order valence-electron chi connectivity index (χ0n) is 18.2. The fourth-order valence-corrected chi connectivity index (χ4v) is 6.41. The van der Waals surface area contributed by atoms with Crippen LogP contribution in [0.3, 0.4) is 0 Å². The van der Waals surface area contributed by atoms with E-state index in [0.717, 1.165) is 49.1 Å². The SMILES string of the molecule is CC1CCC(C2CCC3C(CCCC3C(=O)Oc3ccc(OC(F)F)c(F)c3)C2)CC1. The van der Waals surface area contributed by atoms with E-state index in [2.05, 4.69) is 11.7 Å². The summed E-state index contributed by atoms with van der Waals surface area (Å²) in [5.74, 6) is 1.46. The molecular weight excluding hydrogens is 405 g/mol. The summed E-state index contributed by atoms with van der Waals surface area (Å²) in [5, 5.41) is 0. The van der Waals surface area contributed by atoms with Crippen LogP contribution in [0.5, 0.6) is 11.5 Å². The number of ether oxygens (including phenoxy) is 2. The molecule has 1 aromatic rings. The van der Waals surface area contributed by atoms with Crippen molar-refractivity contribution in [1.82, 2.24) is 0 Å². The van der Waals surface area contributed by atoms with E-state index in [1.165, 1.54) is 51.0 Å². The Morgan fingerprint density at radius 3 is 2.42 bits per heavy atom. The molecule has 1 aromatic carbocycles. The van der Waals surface area contributed by atoms with Crippen molar-refractivity contribution in [3.05, 3.63) is 24.0 Å². The number of carbonyl (C=O) groups is 1. The van der Waals surface area contributed by atoms with Gasteiger partial charge in [0, 0.05) is 6.07 Å². The van der Waals surface area contributed by atoms with Crippen molar-refractivity contribution >= 4 is 5.97 Å². The molecule has 0 aliphatic heterocycles. The topological polar surface area (TPSA) is 35.5 Å². The molecule has 3 saturated carbocycles. The Bertz CT molecular complexity index is 760. The highest BCUT2D eigenvalue weighted by atomic mass is 19.3. The molecule has 6 heteroatoms. The lowest BCUT2D eigenvalue weighted by Crippen LogP contribution is -2.40. The first-order valence-corrected chi connectivity index (χ1v) is 11.9. The molecular formula is C25H33F3O3. The predicted molar refractivity (Wildman–Crippen MR) is 111 cm³/mol. The minimum Gasteiger partial charge on any atom is -0.432 e. The summed E-state index contributed by atoms with van der Waals surface area (Å²) in [6, 6.07) is 3.32. The number of rotatable bonds is 5. The second-order valence-corrected chi connectivity index (χ2v) is 9.95. The number of hydrogen-bond acceptors (Lipinski definition) is 3. The monoisotopic (exact) mass is 438 g/mol. The standard InChI is InChI=1S/C25H33F3O3/c1-15-5-7-16(8-6-15)17-9-11-20-18(13-17)3-2-4-21(20)24(29)30-19-10-12-23(22(26)14-19)31-25(27)28/h10,12,14-18,20-21,25H,2-9,11,13H2,1H3. The molecule has 0 heterocycles. The van der Waals surface area contributed by atoms with E-state index in [4.69, 9.17) is 4.74 Å². The average molecular weight is 439 g/mol. The van der Waals surface area contributed by atoms with Gasteiger partial charge in [-0.25, -0.2) is 4.39 Å². The maximum Gasteiger partial charge on any atom is 0.387 e. The number of benzene rings is 1. The van der Waals surface area contributed by atoms with Gasteiger partial charge in [-0.15, -0.1) is 0 Å². The quantitative estimate of drug-likeness (QED) is 0.367. The van der Waals surface area contributed by atoms with Gasteiger partial charge in [0.25, 0.3) is 0 Å². The lowest BCUT2D eigenvalue weighted by atomic mass is 9.59. The molecule has 4 unspecified atom stereocenters. The van der Waals surface area contributed by atoms with Crippen LogP contribution in [0.2, 0.25) is 0 Å². The first-order chi connectivity index (χ1) is 14.9. The second kappa shape index (κ2) is 9.83. The maximum absolute atomic E-state index is 14.0. The smallest absolute Gasteiger partial charge is 0.387 e. The minimum atomic E-state index is -3.10. The Morgan fingerprint density at radius 2 is 1.71 bits per heavy atom. The summed E-state index contributed by atoms with van der Waals surface area (Å²) in [4.78, 5) is 12.9. The van der Waals surface area contributed by atoms with E-state index >= 15 is 0 Å². The van der Waals surface area contributed by atoms with Gasteiger partial charge in [0.1, 0.15) is 5.75 Å². The Morgan fingerprint density at radius 1 is 0.968 bits per heavy atom. The van der Waals surface area contributed by atoms with Gasteiger partial charge in [0.2, 0.25) is 0 Å². The van der Waals surface area contributed by atoms with Crippen molar-refractivity contribution in [3.8, 4) is 11.5 Å². The fraction of sp³-hybridized carbons (Fsp3) is 0.720. The van der Waals surface area contributed by atoms with Crippen LogP contribution in [0.15, 0.2) is 18.2 Å². The highest BCUT2D eigenvalue weighted by molar-refractivity contribution is 5.75. The summed E-state index contributed by atoms with van der Waals surface area (Å²) in [5.41, 5.74) is 0. The van der Waals surface area contributed by atoms with Crippen LogP contribution in [0.1, 0.15) is 71.1 Å². The molecule has 4 rings (SSSR count). The summed E-state index contributed by atoms with van der Waals surface area (Å²) in [6.45, 7) is -0.746. The van der Waals surface area contributed by atoms with Gasteiger partial charge in [-0.1, -0.05) is 32.6 Å². The molecule has 3 aliphatic rings. The second-order valence-electron chi connectivity index (χ2n) is 9.95. The summed E-state index contributed by atoms with van der Waals surface area (Å²) >= 11 is 0. The van der Waals surface area contributed by atoms with Crippen molar-refractivity contribution in [2.75, 3.05) is 0 Å². The third-order valence-electron chi connectivity index (χ3n) is 8.06. The van der Waals surface area contributed by atoms with Gasteiger partial charge in [-0.2, -0.15) is 8.78 Å². The van der Waals surface area contributed by atoms with Gasteiger partial charge < -0.3 is 9.47 Å². The van der Waals surface area contributed by atoms with Crippen molar-refractivity contribution < 1.29 is 27.4 Å². The zero-order chi connectivity index (χ0) is 22.0. The lowest BCUT2D eigenvalue weighted by molar-refractivity contribution is -0.144. The number of alkyl halides is 2. The minimum absolute atomic E-state index is 0.0382. The lowest BCUT2D eigenvalue weighted by Gasteiger charge is -2.45. The van der Waals surface area contributed by atoms with Crippen molar-refractivity contribution in [2.24, 2.45) is 35.5 Å². The molecule has 31 heavy (non-hydrogen) atoms. The van der Waals surface area contributed by atoms with Crippen molar-refractivity contribution in [3.63, 3.8) is 0 Å². The number of fused-ring (bicyclic) bond motifs is 1. The van der Waals surface area contributed by atoms with Gasteiger partial charge >= 0.3 is 12.6 Å². The zero-order valence-corrected chi connectivity index (χ0v) is 18.2. The normalized spacial score (nSPS) is 33.6. The Hall–Kier alpha value is -1.72. The van der Waals surface area contributed by atoms with E-state index in [-0.39, 0.29) is 17.6 Å². The number of esters is 1. The predicted octanol–water partition coefficient (Wildman–Crippen LogP) is 6.99. The Kier molecular flexibility index (Phi) is 7.12. The van der Waals surface area contributed by atoms with E-state index in [0.29, 0.717) is 11.8 Å². The van der Waals surface area contributed by atoms with Crippen molar-refractivity contribution in [2.45, 2.75) is 77.7 Å². The van der Waals surface area contributed by atoms with E-state index < -0.39 is 18.2 Å². The van der Waals surface area contributed by atoms with Crippen molar-refractivity contribution in [1.29, 1.82) is 0 Å². The van der Waals surface area contributed by atoms with Crippen LogP contribution in [0, 0.1) is 41.3 Å². The van der Waals surface area contributed by atoms with Crippen LogP contribution >= 0.6 is 0 Å². The molecule has 3 aliphatic carbocycles. The summed E-state index contributed by atoms with van der Waals surface area (Å²) < 4.78 is 48.2. The molecule has 0 saturated heterocycles. The first kappa shape index (κ1) is 22.5. The molecule has 0 amide bonds. The molecule has 0 aromatic heterocycles. The largest absolute Gasteiger partial charge is 0.432 e. The van der Waals surface area contributed by atoms with Crippen LogP contribution < -0.4 is 9.47 Å². The molecule has 0 bridgehead atoms. The van der Waals surface area contributed by atoms with Gasteiger partial charge in [-0.05, 0) is 80.2 Å². The third-order valence-corrected chi connectivity index (χ3v) is 8.06. The van der Waals surface area contributed by atoms with Crippen LogP contribution in [0.4, 0.5) is 13.2 Å². The molecule has 3 nitrogen and oxygen atoms in total. The van der Waals surface area contributed by atoms with Crippen LogP contribution in [-0.4, -0.2) is 12.6 Å². The molecule has 0 N–H and O–H groups in total. The Labute approximate surface area is 182 Å². The number of hydrogen-bond donors (Lipinski definition) is 0. The number of carbonyl (C=O) groups excluding carboxylic acids is 1. The Balaban J connectivity index is 1.36. The van der Waals surface area contributed by atoms with E-state index in [9.17, 15) is 18.0 Å². The third kappa shape index (κ3) is 5.38. The first-order valence-electron chi connectivity index (χ1n) is 11.9. The molecule has 172 valence electrons. The fourth-order valence-electron chi connectivity index (χ4n) is 6.41. The number of halogens is 3. The molecule has 0 spiro atoms. The maximum atomic E-state index is 14.0. The van der Waals surface area contributed by atoms with E-state index in [1.54, 1.807) is 0 Å². The van der Waals surface area contributed by atoms with Crippen LogP contribution in [-0.2, 0) is 4.79 Å². The van der Waals surface area contributed by atoms with Gasteiger partial charge in [0.15, 0.2) is 11.6 Å². The summed E-state index contributed by atoms with van der Waals surface area (Å²) in [7, 11) is 0. The highest BCUT2D eigenvalue weighted by Crippen LogP contribution is 2.50. The molecule has 4 atom stereocenters.